The Hall–Kier alpha value is -3.40. The van der Waals surface area contributed by atoms with Gasteiger partial charge in [-0.2, -0.15) is 0 Å². The molecule has 3 rings (SSSR count). The summed E-state index contributed by atoms with van der Waals surface area (Å²) in [5, 5.41) is 5.70. The first-order chi connectivity index (χ1) is 12.6. The van der Waals surface area contributed by atoms with Gasteiger partial charge in [0.1, 0.15) is 0 Å². The van der Waals surface area contributed by atoms with E-state index < -0.39 is 0 Å². The third-order valence-corrected chi connectivity index (χ3v) is 3.99. The first-order valence-electron chi connectivity index (χ1n) is 8.42. The molecule has 0 spiro atoms. The largest absolute Gasteiger partial charge is 0.348 e. The van der Waals surface area contributed by atoms with E-state index in [-0.39, 0.29) is 11.8 Å². The maximum Gasteiger partial charge on any atom is 0.255 e. The summed E-state index contributed by atoms with van der Waals surface area (Å²) in [7, 11) is 0. The average molecular weight is 344 g/mol. The van der Waals surface area contributed by atoms with Gasteiger partial charge in [-0.1, -0.05) is 54.1 Å². The van der Waals surface area contributed by atoms with Crippen LogP contribution in [0.2, 0.25) is 0 Å². The van der Waals surface area contributed by atoms with Gasteiger partial charge in [0.15, 0.2) is 0 Å². The van der Waals surface area contributed by atoms with E-state index in [0.717, 1.165) is 5.56 Å². The maximum atomic E-state index is 12.4. The highest BCUT2D eigenvalue weighted by Crippen LogP contribution is 2.11. The Balaban J connectivity index is 1.65. The number of carbonyl (C=O) groups is 2. The molecule has 0 bridgehead atoms. The normalized spacial score (nSPS) is 10.2. The molecule has 0 unspecified atom stereocenters. The van der Waals surface area contributed by atoms with Crippen molar-refractivity contribution in [3.05, 3.63) is 101 Å². The number of para-hydroxylation sites is 1. The highest BCUT2D eigenvalue weighted by atomic mass is 16.2. The molecule has 4 heteroatoms. The van der Waals surface area contributed by atoms with Crippen molar-refractivity contribution in [3.8, 4) is 0 Å². The van der Waals surface area contributed by atoms with E-state index >= 15 is 0 Å². The summed E-state index contributed by atoms with van der Waals surface area (Å²) in [5.41, 5.74) is 3.82. The van der Waals surface area contributed by atoms with Gasteiger partial charge in [-0.3, -0.25) is 9.59 Å². The summed E-state index contributed by atoms with van der Waals surface area (Å²) in [6.45, 7) is 2.47. The molecule has 0 aliphatic heterocycles. The number of hydrogen-bond acceptors (Lipinski definition) is 2. The van der Waals surface area contributed by atoms with Gasteiger partial charge in [0.05, 0.1) is 0 Å². The van der Waals surface area contributed by atoms with E-state index in [1.165, 1.54) is 5.56 Å². The van der Waals surface area contributed by atoms with E-state index in [1.54, 1.807) is 24.3 Å². The predicted octanol–water partition coefficient (Wildman–Crippen LogP) is 4.18. The fourth-order valence-corrected chi connectivity index (χ4v) is 2.52. The van der Waals surface area contributed by atoms with Crippen molar-refractivity contribution < 1.29 is 9.59 Å². The SMILES string of the molecule is Cc1ccc(CNC(=O)c2cccc(C(=O)Nc3ccccc3)c2)cc1. The van der Waals surface area contributed by atoms with Crippen LogP contribution in [-0.2, 0) is 6.54 Å². The molecule has 0 fully saturated rings. The Labute approximate surface area is 152 Å². The van der Waals surface area contributed by atoms with E-state index in [9.17, 15) is 9.59 Å². The van der Waals surface area contributed by atoms with Gasteiger partial charge in [-0.05, 0) is 42.8 Å². The van der Waals surface area contributed by atoms with Crippen LogP contribution in [0.15, 0.2) is 78.9 Å². The van der Waals surface area contributed by atoms with Gasteiger partial charge < -0.3 is 10.6 Å². The molecule has 0 saturated carbocycles. The monoisotopic (exact) mass is 344 g/mol. The molecule has 2 N–H and O–H groups in total. The second-order valence-corrected chi connectivity index (χ2v) is 6.07. The molecule has 3 aromatic rings. The Bertz CT molecular complexity index is 903. The number of aryl methyl sites for hydroxylation is 1. The van der Waals surface area contributed by atoms with Crippen LogP contribution in [0.4, 0.5) is 5.69 Å². The van der Waals surface area contributed by atoms with Crippen molar-refractivity contribution in [2.75, 3.05) is 5.32 Å². The van der Waals surface area contributed by atoms with E-state index in [1.807, 2.05) is 61.5 Å². The summed E-state index contributed by atoms with van der Waals surface area (Å²) < 4.78 is 0. The number of anilines is 1. The summed E-state index contributed by atoms with van der Waals surface area (Å²) in [4.78, 5) is 24.7. The molecule has 0 atom stereocenters. The van der Waals surface area contributed by atoms with E-state index in [0.29, 0.717) is 23.4 Å². The van der Waals surface area contributed by atoms with Crippen LogP contribution in [0.3, 0.4) is 0 Å². The van der Waals surface area contributed by atoms with Crippen molar-refractivity contribution in [2.24, 2.45) is 0 Å². The van der Waals surface area contributed by atoms with Gasteiger partial charge in [0.2, 0.25) is 0 Å². The lowest BCUT2D eigenvalue weighted by Crippen LogP contribution is -2.23. The van der Waals surface area contributed by atoms with Crippen molar-refractivity contribution in [2.45, 2.75) is 13.5 Å². The highest BCUT2D eigenvalue weighted by Gasteiger charge is 2.10. The maximum absolute atomic E-state index is 12.4. The van der Waals surface area contributed by atoms with Crippen LogP contribution in [-0.4, -0.2) is 11.8 Å². The van der Waals surface area contributed by atoms with E-state index in [2.05, 4.69) is 10.6 Å². The summed E-state index contributed by atoms with van der Waals surface area (Å²) in [5.74, 6) is -0.454. The summed E-state index contributed by atoms with van der Waals surface area (Å²) >= 11 is 0. The molecule has 4 nitrogen and oxygen atoms in total. The minimum Gasteiger partial charge on any atom is -0.348 e. The molecule has 26 heavy (non-hydrogen) atoms. The van der Waals surface area contributed by atoms with Crippen molar-refractivity contribution >= 4 is 17.5 Å². The third-order valence-electron chi connectivity index (χ3n) is 3.99. The molecule has 0 radical (unpaired) electrons. The molecule has 0 saturated heterocycles. The topological polar surface area (TPSA) is 58.2 Å². The number of carbonyl (C=O) groups excluding carboxylic acids is 2. The standard InChI is InChI=1S/C22H20N2O2/c1-16-10-12-17(13-11-16)15-23-21(25)18-6-5-7-19(14-18)22(26)24-20-8-3-2-4-9-20/h2-14H,15H2,1H3,(H,23,25)(H,24,26). The quantitative estimate of drug-likeness (QED) is 0.729. The Morgan fingerprint density at radius 1 is 0.769 bits per heavy atom. The van der Waals surface area contributed by atoms with E-state index in [4.69, 9.17) is 0 Å². The van der Waals surface area contributed by atoms with Gasteiger partial charge in [0, 0.05) is 23.4 Å². The van der Waals surface area contributed by atoms with Crippen LogP contribution >= 0.6 is 0 Å². The second kappa shape index (κ2) is 8.12. The number of benzene rings is 3. The molecule has 130 valence electrons. The van der Waals surface area contributed by atoms with Crippen LogP contribution < -0.4 is 10.6 Å². The summed E-state index contributed by atoms with van der Waals surface area (Å²) in [6.07, 6.45) is 0. The second-order valence-electron chi connectivity index (χ2n) is 6.07. The molecular weight excluding hydrogens is 324 g/mol. The molecule has 0 aliphatic rings. The van der Waals surface area contributed by atoms with Gasteiger partial charge in [-0.15, -0.1) is 0 Å². The Kier molecular flexibility index (Phi) is 5.44. The third kappa shape index (κ3) is 4.57. The zero-order valence-corrected chi connectivity index (χ0v) is 14.5. The zero-order chi connectivity index (χ0) is 18.4. The Morgan fingerprint density at radius 2 is 1.42 bits per heavy atom. The minimum absolute atomic E-state index is 0.208. The zero-order valence-electron chi connectivity index (χ0n) is 14.5. The van der Waals surface area contributed by atoms with Gasteiger partial charge in [-0.25, -0.2) is 0 Å². The molecule has 0 heterocycles. The van der Waals surface area contributed by atoms with Crippen LogP contribution in [0.5, 0.6) is 0 Å². The van der Waals surface area contributed by atoms with Gasteiger partial charge in [0.25, 0.3) is 11.8 Å². The first kappa shape index (κ1) is 17.4. The number of nitrogens with one attached hydrogen (secondary N) is 2. The lowest BCUT2D eigenvalue weighted by molar-refractivity contribution is 0.0951. The smallest absolute Gasteiger partial charge is 0.255 e. The van der Waals surface area contributed by atoms with Gasteiger partial charge >= 0.3 is 0 Å². The molecule has 0 aliphatic carbocycles. The molecule has 3 aromatic carbocycles. The lowest BCUT2D eigenvalue weighted by atomic mass is 10.1. The molecular formula is C22H20N2O2. The Morgan fingerprint density at radius 3 is 2.12 bits per heavy atom. The first-order valence-corrected chi connectivity index (χ1v) is 8.42. The average Bonchev–Trinajstić information content (AvgIpc) is 2.68. The lowest BCUT2D eigenvalue weighted by Gasteiger charge is -2.08. The summed E-state index contributed by atoms with van der Waals surface area (Å²) in [6, 6.07) is 23.9. The predicted molar refractivity (Wildman–Crippen MR) is 103 cm³/mol. The number of hydrogen-bond donors (Lipinski definition) is 2. The fourth-order valence-electron chi connectivity index (χ4n) is 2.52. The molecule has 2 amide bonds. The van der Waals surface area contributed by atoms with Crippen molar-refractivity contribution in [3.63, 3.8) is 0 Å². The number of amides is 2. The van der Waals surface area contributed by atoms with Crippen LogP contribution in [0.25, 0.3) is 0 Å². The fraction of sp³-hybridized carbons (Fsp3) is 0.0909. The van der Waals surface area contributed by atoms with Crippen molar-refractivity contribution in [1.82, 2.24) is 5.32 Å². The van der Waals surface area contributed by atoms with Crippen LogP contribution in [0, 0.1) is 6.92 Å². The molecule has 0 aromatic heterocycles. The minimum atomic E-state index is -0.246. The number of rotatable bonds is 5. The van der Waals surface area contributed by atoms with Crippen LogP contribution in [0.1, 0.15) is 31.8 Å². The highest BCUT2D eigenvalue weighted by molar-refractivity contribution is 6.06. The van der Waals surface area contributed by atoms with Crippen molar-refractivity contribution in [1.29, 1.82) is 0 Å².